The van der Waals surface area contributed by atoms with Gasteiger partial charge in [-0.05, 0) is 38.1 Å². The summed E-state index contributed by atoms with van der Waals surface area (Å²) < 4.78 is 0. The number of urea groups is 1. The normalized spacial score (nSPS) is 9.85. The number of carbonyl (C=O) groups excluding carboxylic acids is 1. The van der Waals surface area contributed by atoms with Crippen molar-refractivity contribution in [3.63, 3.8) is 0 Å². The molecule has 0 saturated carbocycles. The van der Waals surface area contributed by atoms with Crippen LogP contribution >= 0.6 is 0 Å². The standard InChI is InChI=1S/C14H15N5O/c1-9-13(10(2)19-18-9)8-16-14(20)17-12-5-3-11(7-15)4-6-12/h3-6H,8H2,1-2H3,(H,18,19)(H2,16,17,20). The Labute approximate surface area is 116 Å². The molecule has 3 N–H and O–H groups in total. The molecule has 0 radical (unpaired) electrons. The van der Waals surface area contributed by atoms with Crippen LogP contribution in [0.2, 0.25) is 0 Å². The van der Waals surface area contributed by atoms with Crippen molar-refractivity contribution in [1.82, 2.24) is 15.5 Å². The van der Waals surface area contributed by atoms with E-state index in [1.54, 1.807) is 24.3 Å². The Bertz CT molecular complexity index is 632. The average Bonchev–Trinajstić information content (AvgIpc) is 2.77. The number of anilines is 1. The highest BCUT2D eigenvalue weighted by Crippen LogP contribution is 2.10. The zero-order valence-electron chi connectivity index (χ0n) is 11.3. The first-order chi connectivity index (χ1) is 9.60. The van der Waals surface area contributed by atoms with Crippen LogP contribution in [0.25, 0.3) is 0 Å². The van der Waals surface area contributed by atoms with Gasteiger partial charge in [-0.1, -0.05) is 0 Å². The van der Waals surface area contributed by atoms with Gasteiger partial charge in [0.25, 0.3) is 0 Å². The van der Waals surface area contributed by atoms with Gasteiger partial charge < -0.3 is 10.6 Å². The zero-order valence-corrected chi connectivity index (χ0v) is 11.3. The molecule has 0 saturated heterocycles. The van der Waals surface area contributed by atoms with Crippen molar-refractivity contribution < 1.29 is 4.79 Å². The average molecular weight is 269 g/mol. The Morgan fingerprint density at radius 1 is 1.35 bits per heavy atom. The highest BCUT2D eigenvalue weighted by atomic mass is 16.2. The van der Waals surface area contributed by atoms with Crippen molar-refractivity contribution in [3.05, 3.63) is 46.8 Å². The first kappa shape index (κ1) is 13.6. The molecule has 102 valence electrons. The van der Waals surface area contributed by atoms with Crippen LogP contribution in [0.3, 0.4) is 0 Å². The van der Waals surface area contributed by atoms with E-state index >= 15 is 0 Å². The number of nitriles is 1. The minimum Gasteiger partial charge on any atom is -0.334 e. The number of H-pyrrole nitrogens is 1. The van der Waals surface area contributed by atoms with E-state index in [-0.39, 0.29) is 6.03 Å². The molecule has 2 amide bonds. The molecule has 1 aromatic heterocycles. The van der Waals surface area contributed by atoms with Crippen LogP contribution in [-0.2, 0) is 6.54 Å². The van der Waals surface area contributed by atoms with Gasteiger partial charge in [0.2, 0.25) is 0 Å². The van der Waals surface area contributed by atoms with Crippen LogP contribution in [0.5, 0.6) is 0 Å². The molecule has 0 spiro atoms. The maximum Gasteiger partial charge on any atom is 0.319 e. The Balaban J connectivity index is 1.91. The van der Waals surface area contributed by atoms with Crippen molar-refractivity contribution in [1.29, 1.82) is 5.26 Å². The summed E-state index contributed by atoms with van der Waals surface area (Å²) in [5.74, 6) is 0. The largest absolute Gasteiger partial charge is 0.334 e. The van der Waals surface area contributed by atoms with E-state index in [2.05, 4.69) is 20.8 Å². The second kappa shape index (κ2) is 5.89. The quantitative estimate of drug-likeness (QED) is 0.797. The first-order valence-electron chi connectivity index (χ1n) is 6.15. The van der Waals surface area contributed by atoms with Gasteiger partial charge in [-0.3, -0.25) is 5.10 Å². The van der Waals surface area contributed by atoms with Crippen molar-refractivity contribution in [3.8, 4) is 6.07 Å². The summed E-state index contributed by atoms with van der Waals surface area (Å²) in [7, 11) is 0. The number of rotatable bonds is 3. The molecule has 6 heteroatoms. The fourth-order valence-electron chi connectivity index (χ4n) is 1.81. The molecule has 20 heavy (non-hydrogen) atoms. The number of hydrogen-bond acceptors (Lipinski definition) is 3. The van der Waals surface area contributed by atoms with Crippen LogP contribution in [0, 0.1) is 25.2 Å². The van der Waals surface area contributed by atoms with Crippen molar-refractivity contribution in [2.75, 3.05) is 5.32 Å². The number of aromatic nitrogens is 2. The Hall–Kier alpha value is -2.81. The molecule has 2 aromatic rings. The van der Waals surface area contributed by atoms with Crippen LogP contribution in [0.15, 0.2) is 24.3 Å². The van der Waals surface area contributed by atoms with Gasteiger partial charge in [-0.15, -0.1) is 0 Å². The highest BCUT2D eigenvalue weighted by molar-refractivity contribution is 5.89. The lowest BCUT2D eigenvalue weighted by atomic mass is 10.2. The third-order valence-electron chi connectivity index (χ3n) is 2.98. The van der Waals surface area contributed by atoms with E-state index in [1.165, 1.54) is 0 Å². The molecule has 1 aromatic carbocycles. The number of hydrogen-bond donors (Lipinski definition) is 3. The minimum atomic E-state index is -0.297. The Morgan fingerprint density at radius 3 is 2.60 bits per heavy atom. The molecule has 0 aliphatic rings. The molecule has 0 aliphatic carbocycles. The summed E-state index contributed by atoms with van der Waals surface area (Å²) in [5, 5.41) is 21.1. The summed E-state index contributed by atoms with van der Waals surface area (Å²) in [6.07, 6.45) is 0. The molecule has 1 heterocycles. The van der Waals surface area contributed by atoms with Crippen LogP contribution < -0.4 is 10.6 Å². The van der Waals surface area contributed by atoms with Crippen molar-refractivity contribution in [2.45, 2.75) is 20.4 Å². The summed E-state index contributed by atoms with van der Waals surface area (Å²) in [6.45, 7) is 4.21. The minimum absolute atomic E-state index is 0.297. The third kappa shape index (κ3) is 3.14. The molecular formula is C14H15N5O. The highest BCUT2D eigenvalue weighted by Gasteiger charge is 2.08. The second-order valence-electron chi connectivity index (χ2n) is 4.41. The van der Waals surface area contributed by atoms with Crippen LogP contribution in [0.4, 0.5) is 10.5 Å². The fraction of sp³-hybridized carbons (Fsp3) is 0.214. The molecule has 0 fully saturated rings. The van der Waals surface area contributed by atoms with Crippen molar-refractivity contribution in [2.24, 2.45) is 0 Å². The molecule has 0 unspecified atom stereocenters. The molecule has 6 nitrogen and oxygen atoms in total. The molecular weight excluding hydrogens is 254 g/mol. The molecule has 0 aliphatic heterocycles. The maximum atomic E-state index is 11.8. The number of amides is 2. The summed E-state index contributed by atoms with van der Waals surface area (Å²) in [6, 6.07) is 8.41. The molecule has 0 bridgehead atoms. The zero-order chi connectivity index (χ0) is 14.5. The third-order valence-corrected chi connectivity index (χ3v) is 2.98. The maximum absolute atomic E-state index is 11.8. The van der Waals surface area contributed by atoms with E-state index in [1.807, 2.05) is 19.9 Å². The molecule has 0 atom stereocenters. The predicted octanol–water partition coefficient (Wildman–Crippen LogP) is 2.22. The van der Waals surface area contributed by atoms with E-state index in [4.69, 9.17) is 5.26 Å². The lowest BCUT2D eigenvalue weighted by Crippen LogP contribution is -2.28. The van der Waals surface area contributed by atoms with Gasteiger partial charge in [-0.2, -0.15) is 10.4 Å². The summed E-state index contributed by atoms with van der Waals surface area (Å²) in [4.78, 5) is 11.8. The van der Waals surface area contributed by atoms with E-state index in [0.717, 1.165) is 17.0 Å². The lowest BCUT2D eigenvalue weighted by molar-refractivity contribution is 0.251. The Kier molecular flexibility index (Phi) is 4.01. The number of nitrogens with one attached hydrogen (secondary N) is 3. The first-order valence-corrected chi connectivity index (χ1v) is 6.15. The monoisotopic (exact) mass is 269 g/mol. The van der Waals surface area contributed by atoms with E-state index in [9.17, 15) is 4.79 Å². The Morgan fingerprint density at radius 2 is 2.05 bits per heavy atom. The topological polar surface area (TPSA) is 93.6 Å². The van der Waals surface area contributed by atoms with Gasteiger partial charge in [0, 0.05) is 23.5 Å². The number of benzene rings is 1. The lowest BCUT2D eigenvalue weighted by Gasteiger charge is -2.07. The van der Waals surface area contributed by atoms with Crippen LogP contribution in [0.1, 0.15) is 22.5 Å². The van der Waals surface area contributed by atoms with Gasteiger partial charge in [0.1, 0.15) is 0 Å². The van der Waals surface area contributed by atoms with E-state index < -0.39 is 0 Å². The van der Waals surface area contributed by atoms with Gasteiger partial charge in [-0.25, -0.2) is 4.79 Å². The SMILES string of the molecule is Cc1n[nH]c(C)c1CNC(=O)Nc1ccc(C#N)cc1. The number of aromatic amines is 1. The predicted molar refractivity (Wildman–Crippen MR) is 75.1 cm³/mol. The van der Waals surface area contributed by atoms with Crippen LogP contribution in [-0.4, -0.2) is 16.2 Å². The smallest absolute Gasteiger partial charge is 0.319 e. The fourth-order valence-corrected chi connectivity index (χ4v) is 1.81. The second-order valence-corrected chi connectivity index (χ2v) is 4.41. The van der Waals surface area contributed by atoms with Gasteiger partial charge >= 0.3 is 6.03 Å². The number of nitrogens with zero attached hydrogens (tertiary/aromatic N) is 2. The molecule has 2 rings (SSSR count). The van der Waals surface area contributed by atoms with Crippen molar-refractivity contribution >= 4 is 11.7 Å². The number of carbonyl (C=O) groups is 1. The summed E-state index contributed by atoms with van der Waals surface area (Å²) >= 11 is 0. The van der Waals surface area contributed by atoms with Gasteiger partial charge in [0.15, 0.2) is 0 Å². The van der Waals surface area contributed by atoms with E-state index in [0.29, 0.717) is 17.8 Å². The number of aryl methyl sites for hydroxylation is 2. The summed E-state index contributed by atoms with van der Waals surface area (Å²) in [5.41, 5.74) is 4.00. The van der Waals surface area contributed by atoms with Gasteiger partial charge in [0.05, 0.1) is 17.3 Å².